The van der Waals surface area contributed by atoms with E-state index in [9.17, 15) is 0 Å². The summed E-state index contributed by atoms with van der Waals surface area (Å²) in [4.78, 5) is 0. The van der Waals surface area contributed by atoms with Gasteiger partial charge in [0.25, 0.3) is 0 Å². The molecule has 0 radical (unpaired) electrons. The van der Waals surface area contributed by atoms with Crippen molar-refractivity contribution in [2.75, 3.05) is 0 Å². The van der Waals surface area contributed by atoms with Gasteiger partial charge in [0, 0.05) is 5.92 Å². The Morgan fingerprint density at radius 2 is 2.22 bits per heavy atom. The molecule has 0 bridgehead atoms. The van der Waals surface area contributed by atoms with Gasteiger partial charge in [0.05, 0.1) is 0 Å². The largest absolute Gasteiger partial charge is 0.125 e. The van der Waals surface area contributed by atoms with E-state index in [-0.39, 0.29) is 0 Å². The predicted molar refractivity (Wildman–Crippen MR) is 39.8 cm³/mol. The topological polar surface area (TPSA) is 0 Å². The highest BCUT2D eigenvalue weighted by Gasteiger charge is 2.51. The third-order valence-corrected chi connectivity index (χ3v) is 3.12. The lowest BCUT2D eigenvalue weighted by Gasteiger charge is -2.42. The number of hydrogen-bond donors (Lipinski definition) is 0. The van der Waals surface area contributed by atoms with Crippen molar-refractivity contribution in [2.24, 2.45) is 11.8 Å². The third kappa shape index (κ3) is 0.731. The van der Waals surface area contributed by atoms with E-state index in [0.717, 1.165) is 12.3 Å². The van der Waals surface area contributed by atoms with Gasteiger partial charge in [0.15, 0.2) is 0 Å². The SMILES string of the molecule is ClC1(Cl)CC2CC=CC21. The smallest absolute Gasteiger partial charge is 0.101 e. The first-order chi connectivity index (χ1) is 4.20. The summed E-state index contributed by atoms with van der Waals surface area (Å²) in [5, 5.41) is 0. The number of halogens is 2. The molecule has 0 aliphatic heterocycles. The molecule has 0 amide bonds. The minimum atomic E-state index is -0.419. The van der Waals surface area contributed by atoms with Crippen LogP contribution in [-0.2, 0) is 0 Å². The zero-order valence-electron chi connectivity index (χ0n) is 4.98. The molecule has 1 fully saturated rings. The van der Waals surface area contributed by atoms with E-state index < -0.39 is 4.33 Å². The normalized spacial score (nSPS) is 44.2. The molecule has 0 nitrogen and oxygen atoms in total. The van der Waals surface area contributed by atoms with Crippen molar-refractivity contribution in [3.8, 4) is 0 Å². The monoisotopic (exact) mass is 162 g/mol. The summed E-state index contributed by atoms with van der Waals surface area (Å²) in [7, 11) is 0. The summed E-state index contributed by atoms with van der Waals surface area (Å²) in [6.07, 6.45) is 6.50. The van der Waals surface area contributed by atoms with Gasteiger partial charge in [0.1, 0.15) is 4.33 Å². The van der Waals surface area contributed by atoms with Crippen LogP contribution in [0.5, 0.6) is 0 Å². The fraction of sp³-hybridized carbons (Fsp3) is 0.714. The standard InChI is InChI=1S/C7H8Cl2/c8-7(9)4-5-2-1-3-6(5)7/h1,3,5-6H,2,4H2. The first kappa shape index (κ1) is 6.06. The molecule has 2 aliphatic carbocycles. The van der Waals surface area contributed by atoms with E-state index in [1.165, 1.54) is 6.42 Å². The molecule has 50 valence electrons. The van der Waals surface area contributed by atoms with Crippen molar-refractivity contribution < 1.29 is 0 Å². The van der Waals surface area contributed by atoms with Gasteiger partial charge in [-0.2, -0.15) is 0 Å². The maximum Gasteiger partial charge on any atom is 0.125 e. The van der Waals surface area contributed by atoms with Crippen LogP contribution in [0, 0.1) is 11.8 Å². The number of rotatable bonds is 0. The van der Waals surface area contributed by atoms with E-state index in [1.54, 1.807) is 0 Å². The minimum absolute atomic E-state index is 0.419. The van der Waals surface area contributed by atoms with E-state index in [2.05, 4.69) is 12.2 Å². The van der Waals surface area contributed by atoms with Crippen LogP contribution in [0.4, 0.5) is 0 Å². The van der Waals surface area contributed by atoms with Crippen molar-refractivity contribution in [1.82, 2.24) is 0 Å². The van der Waals surface area contributed by atoms with Gasteiger partial charge in [-0.3, -0.25) is 0 Å². The Balaban J connectivity index is 2.16. The number of fused-ring (bicyclic) bond motifs is 1. The number of alkyl halides is 2. The van der Waals surface area contributed by atoms with E-state index in [4.69, 9.17) is 23.2 Å². The first-order valence-electron chi connectivity index (χ1n) is 3.24. The predicted octanol–water partition coefficient (Wildman–Crippen LogP) is 2.76. The Morgan fingerprint density at radius 1 is 1.44 bits per heavy atom. The quantitative estimate of drug-likeness (QED) is 0.380. The Morgan fingerprint density at radius 3 is 2.67 bits per heavy atom. The second-order valence-corrected chi connectivity index (χ2v) is 4.46. The highest BCUT2D eigenvalue weighted by atomic mass is 35.5. The van der Waals surface area contributed by atoms with Gasteiger partial charge in [-0.1, -0.05) is 12.2 Å². The molecular weight excluding hydrogens is 155 g/mol. The minimum Gasteiger partial charge on any atom is -0.101 e. The van der Waals surface area contributed by atoms with Crippen LogP contribution in [0.1, 0.15) is 12.8 Å². The summed E-state index contributed by atoms with van der Waals surface area (Å²) in [5.74, 6) is 1.22. The van der Waals surface area contributed by atoms with Gasteiger partial charge in [-0.15, -0.1) is 23.2 Å². The van der Waals surface area contributed by atoms with Crippen LogP contribution in [0.25, 0.3) is 0 Å². The second kappa shape index (κ2) is 1.67. The number of hydrogen-bond acceptors (Lipinski definition) is 0. The molecule has 2 rings (SSSR count). The van der Waals surface area contributed by atoms with Crippen LogP contribution in [0.15, 0.2) is 12.2 Å². The summed E-state index contributed by atoms with van der Waals surface area (Å²) in [5.41, 5.74) is 0. The maximum absolute atomic E-state index is 5.92. The first-order valence-corrected chi connectivity index (χ1v) is 4.00. The van der Waals surface area contributed by atoms with Gasteiger partial charge in [0.2, 0.25) is 0 Å². The molecule has 0 aromatic rings. The van der Waals surface area contributed by atoms with Gasteiger partial charge < -0.3 is 0 Å². The lowest BCUT2D eigenvalue weighted by Crippen LogP contribution is -2.42. The zero-order valence-corrected chi connectivity index (χ0v) is 6.49. The molecule has 0 spiro atoms. The van der Waals surface area contributed by atoms with Crippen LogP contribution in [0.3, 0.4) is 0 Å². The lowest BCUT2D eigenvalue weighted by molar-refractivity contribution is 0.227. The highest BCUT2D eigenvalue weighted by Crippen LogP contribution is 2.56. The average molecular weight is 163 g/mol. The van der Waals surface area contributed by atoms with Crippen LogP contribution >= 0.6 is 23.2 Å². The maximum atomic E-state index is 5.92. The molecule has 2 heteroatoms. The van der Waals surface area contributed by atoms with E-state index >= 15 is 0 Å². The Hall–Kier alpha value is 0.320. The van der Waals surface area contributed by atoms with Gasteiger partial charge >= 0.3 is 0 Å². The average Bonchev–Trinajstić information content (AvgIpc) is 2.10. The fourth-order valence-electron chi connectivity index (χ4n) is 1.72. The Labute approximate surface area is 64.8 Å². The Kier molecular flexibility index (Phi) is 1.13. The van der Waals surface area contributed by atoms with E-state index in [0.29, 0.717) is 5.92 Å². The molecular formula is C7H8Cl2. The third-order valence-electron chi connectivity index (χ3n) is 2.31. The molecule has 0 heterocycles. The molecule has 0 aromatic carbocycles. The molecule has 1 saturated carbocycles. The van der Waals surface area contributed by atoms with E-state index in [1.807, 2.05) is 0 Å². The molecule has 9 heavy (non-hydrogen) atoms. The van der Waals surface area contributed by atoms with Gasteiger partial charge in [-0.25, -0.2) is 0 Å². The molecule has 2 aliphatic rings. The van der Waals surface area contributed by atoms with Crippen molar-refractivity contribution in [2.45, 2.75) is 17.2 Å². The molecule has 0 saturated heterocycles. The van der Waals surface area contributed by atoms with Crippen LogP contribution < -0.4 is 0 Å². The zero-order chi connectivity index (χ0) is 6.48. The van der Waals surface area contributed by atoms with Crippen molar-refractivity contribution in [3.05, 3.63) is 12.2 Å². The molecule has 0 N–H and O–H groups in total. The number of allylic oxidation sites excluding steroid dienone is 2. The Bertz CT molecular complexity index is 160. The summed E-state index contributed by atoms with van der Waals surface area (Å²) >= 11 is 11.8. The molecule has 2 unspecified atom stereocenters. The summed E-state index contributed by atoms with van der Waals surface area (Å²) in [6.45, 7) is 0. The molecule has 0 aromatic heterocycles. The van der Waals surface area contributed by atoms with Crippen molar-refractivity contribution in [1.29, 1.82) is 0 Å². The van der Waals surface area contributed by atoms with Crippen molar-refractivity contribution in [3.63, 3.8) is 0 Å². The van der Waals surface area contributed by atoms with Crippen molar-refractivity contribution >= 4 is 23.2 Å². The second-order valence-electron chi connectivity index (χ2n) is 2.91. The van der Waals surface area contributed by atoms with Crippen LogP contribution in [-0.4, -0.2) is 4.33 Å². The molecule has 2 atom stereocenters. The fourth-order valence-corrected chi connectivity index (χ4v) is 2.62. The lowest BCUT2D eigenvalue weighted by atomic mass is 9.75. The highest BCUT2D eigenvalue weighted by molar-refractivity contribution is 6.49. The summed E-state index contributed by atoms with van der Waals surface area (Å²) < 4.78 is -0.419. The van der Waals surface area contributed by atoms with Crippen LogP contribution in [0.2, 0.25) is 0 Å². The van der Waals surface area contributed by atoms with Gasteiger partial charge in [-0.05, 0) is 18.8 Å². The summed E-state index contributed by atoms with van der Waals surface area (Å²) in [6, 6.07) is 0.